The first-order valence-corrected chi connectivity index (χ1v) is 7.74. The largest absolute Gasteiger partial charge is 0.308 e. The number of hydrogen-bond acceptors (Lipinski definition) is 3. The van der Waals surface area contributed by atoms with Gasteiger partial charge in [-0.05, 0) is 44.7 Å². The molecule has 1 heterocycles. The van der Waals surface area contributed by atoms with Gasteiger partial charge in [0.25, 0.3) is 0 Å². The molecule has 0 unspecified atom stereocenters. The van der Waals surface area contributed by atoms with Gasteiger partial charge in [-0.2, -0.15) is 0 Å². The Hall–Kier alpha value is -0.490. The summed E-state index contributed by atoms with van der Waals surface area (Å²) in [6, 6.07) is 0. The molecule has 0 spiro atoms. The van der Waals surface area contributed by atoms with Gasteiger partial charge in [-0.1, -0.05) is 25.7 Å². The van der Waals surface area contributed by atoms with Crippen LogP contribution in [0.1, 0.15) is 38.5 Å². The number of rotatable bonds is 2. The molecule has 98 valence electrons. The van der Waals surface area contributed by atoms with Crippen LogP contribution in [0.25, 0.3) is 0 Å². The van der Waals surface area contributed by atoms with Gasteiger partial charge < -0.3 is 5.32 Å². The number of carbonyl (C=O) groups is 1. The van der Waals surface area contributed by atoms with E-state index in [1.54, 1.807) is 6.20 Å². The third-order valence-electron chi connectivity index (χ3n) is 3.17. The van der Waals surface area contributed by atoms with Crippen molar-refractivity contribution in [3.8, 4) is 0 Å². The molecule has 1 aliphatic carbocycles. The number of carbonyl (C=O) groups excluding carboxylic acids is 1. The van der Waals surface area contributed by atoms with Gasteiger partial charge in [0.2, 0.25) is 5.91 Å². The molecule has 0 saturated heterocycles. The number of aromatic nitrogens is 2. The molecule has 0 bridgehead atoms. The Morgan fingerprint density at radius 1 is 1.22 bits per heavy atom. The van der Waals surface area contributed by atoms with E-state index in [9.17, 15) is 4.79 Å². The van der Waals surface area contributed by atoms with E-state index in [0.717, 1.165) is 25.7 Å². The lowest BCUT2D eigenvalue weighted by Gasteiger charge is -2.14. The van der Waals surface area contributed by atoms with Crippen molar-refractivity contribution < 1.29 is 4.79 Å². The number of anilines is 1. The molecule has 1 amide bonds. The van der Waals surface area contributed by atoms with Gasteiger partial charge in [0, 0.05) is 5.92 Å². The number of halogens is 2. The summed E-state index contributed by atoms with van der Waals surface area (Å²) in [5.74, 6) is 0.673. The minimum absolute atomic E-state index is 0.0641. The van der Waals surface area contributed by atoms with Crippen molar-refractivity contribution in [2.45, 2.75) is 38.5 Å². The van der Waals surface area contributed by atoms with E-state index in [1.165, 1.54) is 12.8 Å². The van der Waals surface area contributed by atoms with E-state index < -0.39 is 0 Å². The van der Waals surface area contributed by atoms with Gasteiger partial charge >= 0.3 is 0 Å². The van der Waals surface area contributed by atoms with E-state index >= 15 is 0 Å². The van der Waals surface area contributed by atoms with Crippen molar-refractivity contribution in [2.24, 2.45) is 5.92 Å². The van der Waals surface area contributed by atoms with Gasteiger partial charge in [0.15, 0.2) is 5.82 Å². The van der Waals surface area contributed by atoms with Crippen LogP contribution >= 0.6 is 31.9 Å². The first-order chi connectivity index (χ1) is 8.66. The van der Waals surface area contributed by atoms with Crippen molar-refractivity contribution in [2.75, 3.05) is 5.32 Å². The molecule has 1 aromatic rings. The fourth-order valence-electron chi connectivity index (χ4n) is 2.19. The molecule has 0 aromatic carbocycles. The van der Waals surface area contributed by atoms with Crippen LogP contribution in [0.15, 0.2) is 15.4 Å². The van der Waals surface area contributed by atoms with Crippen LogP contribution in [-0.4, -0.2) is 15.9 Å². The van der Waals surface area contributed by atoms with Crippen molar-refractivity contribution in [1.29, 1.82) is 0 Å². The highest BCUT2D eigenvalue weighted by atomic mass is 79.9. The fraction of sp³-hybridized carbons (Fsp3) is 0.583. The molecular formula is C12H15Br2N3O. The normalized spacial score (nSPS) is 17.2. The van der Waals surface area contributed by atoms with Crippen molar-refractivity contribution in [1.82, 2.24) is 9.97 Å². The predicted molar refractivity (Wildman–Crippen MR) is 77.3 cm³/mol. The maximum absolute atomic E-state index is 12.1. The maximum atomic E-state index is 12.1. The second-order valence-corrected chi connectivity index (χ2v) is 6.07. The summed E-state index contributed by atoms with van der Waals surface area (Å²) >= 11 is 6.53. The minimum atomic E-state index is 0.0641. The van der Waals surface area contributed by atoms with E-state index in [-0.39, 0.29) is 11.8 Å². The quantitative estimate of drug-likeness (QED) is 0.796. The van der Waals surface area contributed by atoms with Gasteiger partial charge in [0.05, 0.1) is 6.20 Å². The van der Waals surface area contributed by atoms with Crippen molar-refractivity contribution in [3.05, 3.63) is 15.4 Å². The zero-order chi connectivity index (χ0) is 13.0. The second kappa shape index (κ2) is 6.61. The summed E-state index contributed by atoms with van der Waals surface area (Å²) in [6.45, 7) is 0. The van der Waals surface area contributed by atoms with Crippen LogP contribution in [0.4, 0.5) is 5.82 Å². The highest BCUT2D eigenvalue weighted by Gasteiger charge is 2.21. The summed E-state index contributed by atoms with van der Waals surface area (Å²) in [7, 11) is 0. The third kappa shape index (κ3) is 3.75. The second-order valence-electron chi connectivity index (χ2n) is 4.51. The van der Waals surface area contributed by atoms with Crippen LogP contribution in [0.3, 0.4) is 0 Å². The summed E-state index contributed by atoms with van der Waals surface area (Å²) in [5, 5.41) is 2.85. The Morgan fingerprint density at radius 2 is 1.89 bits per heavy atom. The third-order valence-corrected chi connectivity index (χ3v) is 4.10. The molecular weight excluding hydrogens is 362 g/mol. The molecule has 1 aromatic heterocycles. The molecule has 1 saturated carbocycles. The Balaban J connectivity index is 2.01. The first kappa shape index (κ1) is 13.9. The molecule has 4 nitrogen and oxygen atoms in total. The Labute approximate surface area is 123 Å². The van der Waals surface area contributed by atoms with Crippen LogP contribution in [0, 0.1) is 5.92 Å². The molecule has 1 fully saturated rings. The summed E-state index contributed by atoms with van der Waals surface area (Å²) in [4.78, 5) is 20.4. The standard InChI is InChI=1S/C12H15Br2N3O/c13-9-7-15-11(10(14)16-9)17-12(18)8-5-3-1-2-4-6-8/h7-8H,1-6H2,(H,15,17,18). The molecule has 18 heavy (non-hydrogen) atoms. The highest BCUT2D eigenvalue weighted by molar-refractivity contribution is 9.11. The zero-order valence-corrected chi connectivity index (χ0v) is 13.1. The topological polar surface area (TPSA) is 54.9 Å². The van der Waals surface area contributed by atoms with Crippen LogP contribution in [0.5, 0.6) is 0 Å². The molecule has 6 heteroatoms. The number of hydrogen-bond donors (Lipinski definition) is 1. The number of nitrogens with one attached hydrogen (secondary N) is 1. The first-order valence-electron chi connectivity index (χ1n) is 6.15. The minimum Gasteiger partial charge on any atom is -0.308 e. The van der Waals surface area contributed by atoms with Gasteiger partial charge in [-0.25, -0.2) is 9.97 Å². The Bertz CT molecular complexity index is 431. The van der Waals surface area contributed by atoms with Gasteiger partial charge in [0.1, 0.15) is 9.21 Å². The Kier molecular flexibility index (Phi) is 5.12. The summed E-state index contributed by atoms with van der Waals surface area (Å²) in [6.07, 6.45) is 8.31. The van der Waals surface area contributed by atoms with Crippen LogP contribution in [-0.2, 0) is 4.79 Å². The zero-order valence-electron chi connectivity index (χ0n) is 9.96. The van der Waals surface area contributed by atoms with E-state index in [1.807, 2.05) is 0 Å². The van der Waals surface area contributed by atoms with Crippen molar-refractivity contribution >= 4 is 43.6 Å². The van der Waals surface area contributed by atoms with Gasteiger partial charge in [-0.3, -0.25) is 4.79 Å². The smallest absolute Gasteiger partial charge is 0.228 e. The van der Waals surface area contributed by atoms with Gasteiger partial charge in [-0.15, -0.1) is 0 Å². The number of nitrogens with zero attached hydrogens (tertiary/aromatic N) is 2. The SMILES string of the molecule is O=C(Nc1ncc(Br)nc1Br)C1CCCCCC1. The highest BCUT2D eigenvalue weighted by Crippen LogP contribution is 2.25. The molecule has 2 rings (SSSR count). The molecule has 1 N–H and O–H groups in total. The lowest BCUT2D eigenvalue weighted by Crippen LogP contribution is -2.23. The average molecular weight is 377 g/mol. The summed E-state index contributed by atoms with van der Waals surface area (Å²) in [5.41, 5.74) is 0. The molecule has 0 atom stereocenters. The lowest BCUT2D eigenvalue weighted by molar-refractivity contribution is -0.120. The lowest BCUT2D eigenvalue weighted by atomic mass is 10.00. The van der Waals surface area contributed by atoms with Crippen molar-refractivity contribution in [3.63, 3.8) is 0 Å². The van der Waals surface area contributed by atoms with E-state index in [2.05, 4.69) is 47.1 Å². The molecule has 0 aliphatic heterocycles. The van der Waals surface area contributed by atoms with E-state index in [4.69, 9.17) is 0 Å². The van der Waals surface area contributed by atoms with Crippen LogP contribution < -0.4 is 5.32 Å². The predicted octanol–water partition coefficient (Wildman–Crippen LogP) is 3.91. The van der Waals surface area contributed by atoms with E-state index in [0.29, 0.717) is 15.0 Å². The average Bonchev–Trinajstić information content (AvgIpc) is 2.61. The molecule has 0 radical (unpaired) electrons. The summed E-state index contributed by atoms with van der Waals surface area (Å²) < 4.78 is 1.20. The maximum Gasteiger partial charge on any atom is 0.228 e. The fourth-order valence-corrected chi connectivity index (χ4v) is 3.10. The Morgan fingerprint density at radius 3 is 2.50 bits per heavy atom. The van der Waals surface area contributed by atoms with Crippen LogP contribution in [0.2, 0.25) is 0 Å². The number of amides is 1. The monoisotopic (exact) mass is 375 g/mol. The molecule has 1 aliphatic rings.